The van der Waals surface area contributed by atoms with Gasteiger partial charge in [0.15, 0.2) is 0 Å². The van der Waals surface area contributed by atoms with Gasteiger partial charge < -0.3 is 10.1 Å². The molecule has 0 bridgehead atoms. The van der Waals surface area contributed by atoms with Gasteiger partial charge >= 0.3 is 0 Å². The summed E-state index contributed by atoms with van der Waals surface area (Å²) in [6.07, 6.45) is 5.64. The molecule has 19 heavy (non-hydrogen) atoms. The number of nitrogens with one attached hydrogen (secondary N) is 1. The van der Waals surface area contributed by atoms with Crippen LogP contribution >= 0.6 is 0 Å². The molecule has 1 heterocycles. The largest absolute Gasteiger partial charge is 0.496 e. The van der Waals surface area contributed by atoms with Gasteiger partial charge in [-0.1, -0.05) is 36.2 Å². The predicted molar refractivity (Wildman–Crippen MR) is 80.2 cm³/mol. The van der Waals surface area contributed by atoms with Crippen LogP contribution in [0.2, 0.25) is 0 Å². The molecule has 2 nitrogen and oxygen atoms in total. The molecule has 0 spiro atoms. The number of hydrogen-bond acceptors (Lipinski definition) is 2. The number of benzene rings is 1. The van der Waals surface area contributed by atoms with Crippen molar-refractivity contribution in [2.75, 3.05) is 13.2 Å². The van der Waals surface area contributed by atoms with Gasteiger partial charge in [0.25, 0.3) is 0 Å². The first kappa shape index (κ1) is 14.1. The average Bonchev–Trinajstić information content (AvgIpc) is 2.39. The lowest BCUT2D eigenvalue weighted by Crippen LogP contribution is -2.26. The number of hydrogen-bond donors (Lipinski definition) is 1. The fourth-order valence-corrected chi connectivity index (χ4v) is 2.63. The average molecular weight is 259 g/mol. The monoisotopic (exact) mass is 259 g/mol. The Morgan fingerprint density at radius 3 is 2.53 bits per heavy atom. The van der Waals surface area contributed by atoms with Gasteiger partial charge in [-0.25, -0.2) is 0 Å². The van der Waals surface area contributed by atoms with Crippen LogP contribution in [0.3, 0.4) is 0 Å². The zero-order valence-electron chi connectivity index (χ0n) is 12.3. The third kappa shape index (κ3) is 3.84. The fourth-order valence-electron chi connectivity index (χ4n) is 2.63. The molecule has 104 valence electrons. The summed E-state index contributed by atoms with van der Waals surface area (Å²) in [5.74, 6) is 1.10. The zero-order valence-corrected chi connectivity index (χ0v) is 12.3. The van der Waals surface area contributed by atoms with Crippen molar-refractivity contribution in [2.45, 2.75) is 46.1 Å². The van der Waals surface area contributed by atoms with Crippen LogP contribution in [-0.4, -0.2) is 13.2 Å². The minimum atomic E-state index is 0.207. The Morgan fingerprint density at radius 1 is 1.21 bits per heavy atom. The van der Waals surface area contributed by atoms with Gasteiger partial charge in [-0.2, -0.15) is 0 Å². The SMILES string of the molecule is CCCNC(C1=CCCCO1)c1cc(C)cc(C)c1. The summed E-state index contributed by atoms with van der Waals surface area (Å²) >= 11 is 0. The maximum Gasteiger partial charge on any atom is 0.113 e. The zero-order chi connectivity index (χ0) is 13.7. The summed E-state index contributed by atoms with van der Waals surface area (Å²) in [7, 11) is 0. The molecule has 1 atom stereocenters. The minimum Gasteiger partial charge on any atom is -0.496 e. The quantitative estimate of drug-likeness (QED) is 0.861. The highest BCUT2D eigenvalue weighted by molar-refractivity contribution is 5.34. The minimum absolute atomic E-state index is 0.207. The number of allylic oxidation sites excluding steroid dienone is 1. The van der Waals surface area contributed by atoms with Crippen molar-refractivity contribution in [3.8, 4) is 0 Å². The van der Waals surface area contributed by atoms with Crippen molar-refractivity contribution < 1.29 is 4.74 Å². The smallest absolute Gasteiger partial charge is 0.113 e. The molecule has 1 aliphatic heterocycles. The van der Waals surface area contributed by atoms with Crippen LogP contribution in [0.5, 0.6) is 0 Å². The van der Waals surface area contributed by atoms with E-state index in [2.05, 4.69) is 50.4 Å². The van der Waals surface area contributed by atoms with Crippen LogP contribution < -0.4 is 5.32 Å². The fraction of sp³-hybridized carbons (Fsp3) is 0.529. The van der Waals surface area contributed by atoms with Crippen molar-refractivity contribution in [2.24, 2.45) is 0 Å². The lowest BCUT2D eigenvalue weighted by atomic mass is 9.98. The molecule has 1 unspecified atom stereocenters. The van der Waals surface area contributed by atoms with E-state index >= 15 is 0 Å². The topological polar surface area (TPSA) is 21.3 Å². The molecule has 0 saturated heterocycles. The van der Waals surface area contributed by atoms with E-state index in [4.69, 9.17) is 4.74 Å². The van der Waals surface area contributed by atoms with E-state index in [-0.39, 0.29) is 6.04 Å². The van der Waals surface area contributed by atoms with Crippen LogP contribution in [0.15, 0.2) is 30.0 Å². The molecule has 0 saturated carbocycles. The molecule has 0 radical (unpaired) electrons. The van der Waals surface area contributed by atoms with Crippen molar-refractivity contribution in [1.82, 2.24) is 5.32 Å². The molecule has 2 heteroatoms. The lowest BCUT2D eigenvalue weighted by Gasteiger charge is -2.25. The van der Waals surface area contributed by atoms with Gasteiger partial charge in [-0.3, -0.25) is 0 Å². The standard InChI is InChI=1S/C17H25NO/c1-4-8-18-17(16-7-5-6-9-19-16)15-11-13(2)10-14(3)12-15/h7,10-12,17-18H,4-6,8-9H2,1-3H3. The lowest BCUT2D eigenvalue weighted by molar-refractivity contribution is 0.167. The van der Waals surface area contributed by atoms with Crippen LogP contribution in [0, 0.1) is 13.8 Å². The van der Waals surface area contributed by atoms with Crippen molar-refractivity contribution in [1.29, 1.82) is 0 Å². The van der Waals surface area contributed by atoms with Gasteiger partial charge in [0.05, 0.1) is 12.6 Å². The Balaban J connectivity index is 2.27. The molecule has 0 amide bonds. The predicted octanol–water partition coefficient (Wildman–Crippen LogP) is 4.04. The molecule has 2 rings (SSSR count). The first-order valence-corrected chi connectivity index (χ1v) is 7.35. The van der Waals surface area contributed by atoms with E-state index in [9.17, 15) is 0 Å². The Hall–Kier alpha value is -1.28. The third-order valence-corrected chi connectivity index (χ3v) is 3.42. The Morgan fingerprint density at radius 2 is 1.95 bits per heavy atom. The highest BCUT2D eigenvalue weighted by atomic mass is 16.5. The molecular formula is C17H25NO. The molecule has 0 fully saturated rings. The molecular weight excluding hydrogens is 234 g/mol. The third-order valence-electron chi connectivity index (χ3n) is 3.42. The van der Waals surface area contributed by atoms with E-state index in [1.165, 1.54) is 16.7 Å². The maximum absolute atomic E-state index is 5.87. The first-order chi connectivity index (χ1) is 9.20. The molecule has 0 aromatic heterocycles. The number of rotatable bonds is 5. The molecule has 1 aromatic rings. The summed E-state index contributed by atoms with van der Waals surface area (Å²) < 4.78 is 5.87. The second kappa shape index (κ2) is 6.76. The van der Waals surface area contributed by atoms with Crippen LogP contribution in [0.1, 0.15) is 48.9 Å². The number of ether oxygens (including phenoxy) is 1. The summed E-state index contributed by atoms with van der Waals surface area (Å²) in [6, 6.07) is 6.95. The van der Waals surface area contributed by atoms with E-state index in [1.807, 2.05) is 0 Å². The highest BCUT2D eigenvalue weighted by Gasteiger charge is 2.19. The Kier molecular flexibility index (Phi) is 5.03. The van der Waals surface area contributed by atoms with Crippen molar-refractivity contribution in [3.63, 3.8) is 0 Å². The summed E-state index contributed by atoms with van der Waals surface area (Å²) in [4.78, 5) is 0. The molecule has 1 aliphatic rings. The van der Waals surface area contributed by atoms with Gasteiger partial charge in [-0.15, -0.1) is 0 Å². The molecule has 0 aliphatic carbocycles. The van der Waals surface area contributed by atoms with Crippen molar-refractivity contribution >= 4 is 0 Å². The van der Waals surface area contributed by atoms with Gasteiger partial charge in [0.2, 0.25) is 0 Å². The van der Waals surface area contributed by atoms with E-state index in [0.29, 0.717) is 0 Å². The first-order valence-electron chi connectivity index (χ1n) is 7.35. The molecule has 1 aromatic carbocycles. The Bertz CT molecular complexity index is 430. The van der Waals surface area contributed by atoms with Gasteiger partial charge in [0.1, 0.15) is 5.76 Å². The van der Waals surface area contributed by atoms with E-state index in [1.54, 1.807) is 0 Å². The van der Waals surface area contributed by atoms with Crippen LogP contribution in [-0.2, 0) is 4.74 Å². The van der Waals surface area contributed by atoms with E-state index in [0.717, 1.165) is 38.2 Å². The highest BCUT2D eigenvalue weighted by Crippen LogP contribution is 2.27. The van der Waals surface area contributed by atoms with Gasteiger partial charge in [-0.05, 0) is 51.3 Å². The number of aryl methyl sites for hydroxylation is 2. The summed E-state index contributed by atoms with van der Waals surface area (Å²) in [6.45, 7) is 8.37. The van der Waals surface area contributed by atoms with Gasteiger partial charge in [0, 0.05) is 0 Å². The normalized spacial score (nSPS) is 16.7. The summed E-state index contributed by atoms with van der Waals surface area (Å²) in [5.41, 5.74) is 3.95. The second-order valence-electron chi connectivity index (χ2n) is 5.41. The summed E-state index contributed by atoms with van der Waals surface area (Å²) in [5, 5.41) is 3.62. The molecule has 1 N–H and O–H groups in total. The van der Waals surface area contributed by atoms with Crippen LogP contribution in [0.4, 0.5) is 0 Å². The maximum atomic E-state index is 5.87. The van der Waals surface area contributed by atoms with Crippen LogP contribution in [0.25, 0.3) is 0 Å². The van der Waals surface area contributed by atoms with Crippen molar-refractivity contribution in [3.05, 3.63) is 46.7 Å². The Labute approximate surface area is 116 Å². The van der Waals surface area contributed by atoms with E-state index < -0.39 is 0 Å². The second-order valence-corrected chi connectivity index (χ2v) is 5.41.